The predicted molar refractivity (Wildman–Crippen MR) is 111 cm³/mol. The van der Waals surface area contributed by atoms with E-state index in [1.807, 2.05) is 0 Å². The third kappa shape index (κ3) is 3.50. The normalized spacial score (nSPS) is 26.7. The van der Waals surface area contributed by atoms with Gasteiger partial charge < -0.3 is 19.6 Å². The molecule has 3 heterocycles. The van der Waals surface area contributed by atoms with Crippen LogP contribution in [-0.4, -0.2) is 64.2 Å². The number of alkyl halides is 3. The predicted octanol–water partition coefficient (Wildman–Crippen LogP) is 3.35. The molecule has 1 aromatic rings. The van der Waals surface area contributed by atoms with Crippen molar-refractivity contribution in [2.45, 2.75) is 56.3 Å². The number of carboxylic acids is 1. The molecule has 1 unspecified atom stereocenters. The van der Waals surface area contributed by atoms with E-state index >= 15 is 0 Å². The third-order valence-corrected chi connectivity index (χ3v) is 6.96. The fourth-order valence-electron chi connectivity index (χ4n) is 5.37. The maximum atomic E-state index is 13.8. The second-order valence-electron chi connectivity index (χ2n) is 8.96. The quantitative estimate of drug-likeness (QED) is 0.689. The Morgan fingerprint density at radius 2 is 2.03 bits per heavy atom. The van der Waals surface area contributed by atoms with Crippen LogP contribution in [0.2, 0.25) is 0 Å². The first-order valence-corrected chi connectivity index (χ1v) is 10.7. The Morgan fingerprint density at radius 1 is 1.30 bits per heavy atom. The molecule has 1 amide bonds. The number of hydrogen-bond acceptors (Lipinski definition) is 5. The molecule has 3 aliphatic heterocycles. The Balaban J connectivity index is 1.87. The summed E-state index contributed by atoms with van der Waals surface area (Å²) >= 11 is 0. The Bertz CT molecular complexity index is 1090. The second-order valence-corrected chi connectivity index (χ2v) is 8.96. The first-order chi connectivity index (χ1) is 15.5. The maximum Gasteiger partial charge on any atom is 0.392 e. The van der Waals surface area contributed by atoms with Crippen LogP contribution in [0.4, 0.5) is 13.2 Å². The second kappa shape index (κ2) is 7.68. The number of methoxy groups -OCH3 is 1. The van der Waals surface area contributed by atoms with E-state index in [-0.39, 0.29) is 24.4 Å². The molecule has 1 aromatic carbocycles. The van der Waals surface area contributed by atoms with Crippen molar-refractivity contribution in [3.8, 4) is 11.8 Å². The van der Waals surface area contributed by atoms with Gasteiger partial charge in [0, 0.05) is 30.8 Å². The van der Waals surface area contributed by atoms with Crippen molar-refractivity contribution < 1.29 is 32.6 Å². The van der Waals surface area contributed by atoms with Gasteiger partial charge in [0.2, 0.25) is 5.54 Å². The smallest absolute Gasteiger partial charge is 0.392 e. The number of nitrogens with zero attached hydrogens (tertiary/aromatic N) is 3. The van der Waals surface area contributed by atoms with E-state index < -0.39 is 42.0 Å². The molecule has 3 aliphatic rings. The lowest BCUT2D eigenvalue weighted by molar-refractivity contribution is -0.162. The van der Waals surface area contributed by atoms with Gasteiger partial charge in [-0.25, -0.2) is 4.79 Å². The number of carboxylic acid groups (broad SMARTS) is 1. The number of hydrogen-bond donors (Lipinski definition) is 1. The number of amides is 1. The minimum atomic E-state index is -4.58. The van der Waals surface area contributed by atoms with Crippen molar-refractivity contribution in [1.82, 2.24) is 9.80 Å². The fourth-order valence-corrected chi connectivity index (χ4v) is 5.37. The number of carbonyl (C=O) groups excluding carboxylic acids is 1. The summed E-state index contributed by atoms with van der Waals surface area (Å²) in [7, 11) is 1.48. The van der Waals surface area contributed by atoms with E-state index in [0.29, 0.717) is 30.6 Å². The summed E-state index contributed by atoms with van der Waals surface area (Å²) in [5.74, 6) is -1.80. The lowest BCUT2D eigenvalue weighted by atomic mass is 9.88. The number of aliphatic carboxylic acids is 1. The van der Waals surface area contributed by atoms with E-state index in [2.05, 4.69) is 6.07 Å². The summed E-state index contributed by atoms with van der Waals surface area (Å²) in [6.07, 6.45) is -5.24. The number of ether oxygens (including phenoxy) is 1. The summed E-state index contributed by atoms with van der Waals surface area (Å²) in [5, 5.41) is 20.0. The summed E-state index contributed by atoms with van der Waals surface area (Å²) in [6, 6.07) is 7.03. The molecule has 176 valence electrons. The highest BCUT2D eigenvalue weighted by molar-refractivity contribution is 6.10. The van der Waals surface area contributed by atoms with Gasteiger partial charge in [-0.15, -0.1) is 0 Å². The molecule has 0 spiro atoms. The van der Waals surface area contributed by atoms with Gasteiger partial charge in [0.15, 0.2) is 0 Å². The van der Waals surface area contributed by atoms with E-state index in [1.54, 1.807) is 25.1 Å². The lowest BCUT2D eigenvalue weighted by Gasteiger charge is -2.43. The van der Waals surface area contributed by atoms with Crippen LogP contribution < -0.4 is 4.74 Å². The van der Waals surface area contributed by atoms with Gasteiger partial charge in [-0.1, -0.05) is 0 Å². The Morgan fingerprint density at radius 3 is 2.64 bits per heavy atom. The summed E-state index contributed by atoms with van der Waals surface area (Å²) in [6.45, 7) is 1.81. The molecule has 0 saturated carbocycles. The van der Waals surface area contributed by atoms with E-state index in [0.717, 1.165) is 5.56 Å². The Kier molecular flexibility index (Phi) is 5.34. The fraction of sp³-hybridized carbons (Fsp3) is 0.522. The highest BCUT2D eigenvalue weighted by Gasteiger charge is 2.62. The van der Waals surface area contributed by atoms with Crippen molar-refractivity contribution in [2.24, 2.45) is 0 Å². The third-order valence-electron chi connectivity index (χ3n) is 6.96. The average Bonchev–Trinajstić information content (AvgIpc) is 3.31. The molecule has 0 aromatic heterocycles. The number of carbonyl (C=O) groups is 2. The SMILES string of the molecule is COc1ccc2c(c1)CCN1C2=C(CC(F)(F)F)CC1(C(=O)O)C(=O)N1CCC[C@]1(C)C#N. The van der Waals surface area contributed by atoms with E-state index in [4.69, 9.17) is 4.74 Å². The van der Waals surface area contributed by atoms with Crippen molar-refractivity contribution >= 4 is 17.6 Å². The first kappa shape index (κ1) is 23.0. The molecule has 2 atom stereocenters. The monoisotopic (exact) mass is 463 g/mol. The molecule has 4 rings (SSSR count). The van der Waals surface area contributed by atoms with Crippen molar-refractivity contribution in [1.29, 1.82) is 5.26 Å². The molecule has 1 fully saturated rings. The number of rotatable bonds is 4. The average molecular weight is 463 g/mol. The number of benzene rings is 1. The van der Waals surface area contributed by atoms with Crippen LogP contribution in [-0.2, 0) is 16.0 Å². The molecule has 10 heteroatoms. The van der Waals surface area contributed by atoms with Gasteiger partial charge in [-0.2, -0.15) is 18.4 Å². The molecule has 1 saturated heterocycles. The minimum absolute atomic E-state index is 0.0615. The lowest BCUT2D eigenvalue weighted by Crippen LogP contribution is -2.64. The number of nitriles is 1. The highest BCUT2D eigenvalue weighted by Crippen LogP contribution is 2.50. The molecule has 7 nitrogen and oxygen atoms in total. The van der Waals surface area contributed by atoms with Gasteiger partial charge >= 0.3 is 12.1 Å². The molecule has 1 N–H and O–H groups in total. The zero-order valence-corrected chi connectivity index (χ0v) is 18.3. The van der Waals surface area contributed by atoms with Gasteiger partial charge in [0.25, 0.3) is 5.91 Å². The van der Waals surface area contributed by atoms with Crippen molar-refractivity contribution in [2.75, 3.05) is 20.2 Å². The van der Waals surface area contributed by atoms with Crippen LogP contribution in [0.1, 0.15) is 43.7 Å². The topological polar surface area (TPSA) is 93.9 Å². The minimum Gasteiger partial charge on any atom is -0.497 e. The van der Waals surface area contributed by atoms with Crippen LogP contribution in [0.5, 0.6) is 5.75 Å². The number of likely N-dealkylation sites (tertiary alicyclic amines) is 1. The molecular weight excluding hydrogens is 439 g/mol. The summed E-state index contributed by atoms with van der Waals surface area (Å²) < 4.78 is 45.8. The van der Waals surface area contributed by atoms with Gasteiger partial charge in [0.05, 0.1) is 19.6 Å². The highest BCUT2D eigenvalue weighted by atomic mass is 19.4. The van der Waals surface area contributed by atoms with Gasteiger partial charge in [-0.05, 0) is 55.5 Å². The maximum absolute atomic E-state index is 13.8. The summed E-state index contributed by atoms with van der Waals surface area (Å²) in [5.41, 5.74) is -2.21. The molecule has 0 radical (unpaired) electrons. The van der Waals surface area contributed by atoms with Crippen LogP contribution in [0.15, 0.2) is 23.8 Å². The molecule has 0 aliphatic carbocycles. The Labute approximate surface area is 189 Å². The molecule has 0 bridgehead atoms. The summed E-state index contributed by atoms with van der Waals surface area (Å²) in [4.78, 5) is 29.0. The zero-order chi connectivity index (χ0) is 24.2. The van der Waals surface area contributed by atoms with Crippen LogP contribution >= 0.6 is 0 Å². The molecular formula is C23H24F3N3O4. The van der Waals surface area contributed by atoms with Crippen LogP contribution in [0.3, 0.4) is 0 Å². The van der Waals surface area contributed by atoms with Gasteiger partial charge in [-0.3, -0.25) is 4.79 Å². The van der Waals surface area contributed by atoms with E-state index in [9.17, 15) is 33.1 Å². The van der Waals surface area contributed by atoms with E-state index in [1.165, 1.54) is 16.9 Å². The number of halogens is 3. The van der Waals surface area contributed by atoms with Gasteiger partial charge in [0.1, 0.15) is 11.3 Å². The standard InChI is InChI=1S/C23H24F3N3O4/c1-21(13-27)7-3-8-29(21)19(30)22(20(31)32)11-15(12-23(24,25)26)18-17-5-4-16(33-2)10-14(17)6-9-28(18)22/h4-5,10H,3,6-9,11-12H2,1-2H3,(H,31,32)/t21-,22?/m1/s1. The number of fused-ring (bicyclic) bond motifs is 3. The van der Waals surface area contributed by atoms with Crippen LogP contribution in [0.25, 0.3) is 5.70 Å². The Hall–Kier alpha value is -3.22. The van der Waals surface area contributed by atoms with Crippen molar-refractivity contribution in [3.63, 3.8) is 0 Å². The van der Waals surface area contributed by atoms with Crippen LogP contribution in [0, 0.1) is 11.3 Å². The largest absolute Gasteiger partial charge is 0.497 e. The first-order valence-electron chi connectivity index (χ1n) is 10.7. The molecule has 33 heavy (non-hydrogen) atoms. The van der Waals surface area contributed by atoms with Crippen molar-refractivity contribution in [3.05, 3.63) is 34.9 Å². The zero-order valence-electron chi connectivity index (χ0n) is 18.3.